The summed E-state index contributed by atoms with van der Waals surface area (Å²) in [5.41, 5.74) is 2.09. The van der Waals surface area contributed by atoms with Gasteiger partial charge in [-0.1, -0.05) is 36.4 Å². The van der Waals surface area contributed by atoms with Crippen molar-refractivity contribution in [3.05, 3.63) is 59.7 Å². The fourth-order valence-corrected chi connectivity index (χ4v) is 4.19. The number of thioether (sulfide) groups is 1. The highest BCUT2D eigenvalue weighted by atomic mass is 32.2. The molecule has 0 bridgehead atoms. The SMILES string of the molecule is COc1ccc(C2SCCN2C(=O)COCc2ccccc2)cc1OC. The molecule has 1 aliphatic heterocycles. The van der Waals surface area contributed by atoms with E-state index in [0.29, 0.717) is 18.1 Å². The topological polar surface area (TPSA) is 48.0 Å². The molecule has 1 amide bonds. The molecule has 1 saturated heterocycles. The summed E-state index contributed by atoms with van der Waals surface area (Å²) >= 11 is 1.75. The summed E-state index contributed by atoms with van der Waals surface area (Å²) < 4.78 is 16.3. The first-order chi connectivity index (χ1) is 12.7. The molecule has 2 aromatic carbocycles. The van der Waals surface area contributed by atoms with Gasteiger partial charge in [0.05, 0.1) is 20.8 Å². The van der Waals surface area contributed by atoms with Crippen LogP contribution >= 0.6 is 11.8 Å². The number of benzene rings is 2. The smallest absolute Gasteiger partial charge is 0.249 e. The maximum atomic E-state index is 12.6. The molecule has 0 N–H and O–H groups in total. The summed E-state index contributed by atoms with van der Waals surface area (Å²) in [5.74, 6) is 2.27. The molecule has 1 aliphatic rings. The van der Waals surface area contributed by atoms with Crippen molar-refractivity contribution in [2.45, 2.75) is 12.0 Å². The van der Waals surface area contributed by atoms with E-state index in [9.17, 15) is 4.79 Å². The van der Waals surface area contributed by atoms with E-state index in [1.54, 1.807) is 26.0 Å². The lowest BCUT2D eigenvalue weighted by Gasteiger charge is -2.24. The summed E-state index contributed by atoms with van der Waals surface area (Å²) in [4.78, 5) is 14.5. The standard InChI is InChI=1S/C20H23NO4S/c1-23-17-9-8-16(12-18(17)24-2)20-21(10-11-26-20)19(22)14-25-13-15-6-4-3-5-7-15/h3-9,12,20H,10-11,13-14H2,1-2H3. The minimum Gasteiger partial charge on any atom is -0.493 e. The predicted molar refractivity (Wildman–Crippen MR) is 103 cm³/mol. The second-order valence-corrected chi connectivity index (χ2v) is 7.09. The van der Waals surface area contributed by atoms with Gasteiger partial charge in [-0.3, -0.25) is 4.79 Å². The van der Waals surface area contributed by atoms with Crippen molar-refractivity contribution in [3.8, 4) is 11.5 Å². The van der Waals surface area contributed by atoms with Crippen LogP contribution in [0.2, 0.25) is 0 Å². The lowest BCUT2D eigenvalue weighted by molar-refractivity contribution is -0.136. The van der Waals surface area contributed by atoms with Crippen LogP contribution in [0.4, 0.5) is 0 Å². The molecule has 1 fully saturated rings. The summed E-state index contributed by atoms with van der Waals surface area (Å²) in [6.45, 7) is 1.24. The minimum absolute atomic E-state index is 0.00529. The first-order valence-corrected chi connectivity index (χ1v) is 9.52. The van der Waals surface area contributed by atoms with Crippen molar-refractivity contribution < 1.29 is 19.0 Å². The molecule has 0 aromatic heterocycles. The van der Waals surface area contributed by atoms with E-state index in [4.69, 9.17) is 14.2 Å². The van der Waals surface area contributed by atoms with E-state index in [0.717, 1.165) is 23.4 Å². The molecule has 0 spiro atoms. The van der Waals surface area contributed by atoms with Crippen molar-refractivity contribution in [1.82, 2.24) is 4.90 Å². The van der Waals surface area contributed by atoms with Crippen molar-refractivity contribution in [3.63, 3.8) is 0 Å². The van der Waals surface area contributed by atoms with Gasteiger partial charge in [-0.2, -0.15) is 0 Å². The van der Waals surface area contributed by atoms with E-state index in [1.165, 1.54) is 0 Å². The van der Waals surface area contributed by atoms with Crippen LogP contribution in [0.3, 0.4) is 0 Å². The van der Waals surface area contributed by atoms with Crippen LogP contribution in [0.5, 0.6) is 11.5 Å². The average molecular weight is 373 g/mol. The third-order valence-electron chi connectivity index (χ3n) is 4.24. The highest BCUT2D eigenvalue weighted by molar-refractivity contribution is 7.99. The summed E-state index contributed by atoms with van der Waals surface area (Å²) in [7, 11) is 3.23. The van der Waals surface area contributed by atoms with Gasteiger partial charge in [0.15, 0.2) is 11.5 Å². The number of hydrogen-bond donors (Lipinski definition) is 0. The molecular weight excluding hydrogens is 350 g/mol. The molecule has 0 aliphatic carbocycles. The fraction of sp³-hybridized carbons (Fsp3) is 0.350. The van der Waals surface area contributed by atoms with Crippen LogP contribution in [0.25, 0.3) is 0 Å². The first-order valence-electron chi connectivity index (χ1n) is 8.47. The average Bonchev–Trinajstić information content (AvgIpc) is 3.18. The van der Waals surface area contributed by atoms with E-state index in [-0.39, 0.29) is 17.9 Å². The van der Waals surface area contributed by atoms with Gasteiger partial charge in [-0.05, 0) is 23.3 Å². The van der Waals surface area contributed by atoms with Gasteiger partial charge < -0.3 is 19.1 Å². The maximum absolute atomic E-state index is 12.6. The molecule has 1 heterocycles. The number of amides is 1. The van der Waals surface area contributed by atoms with Gasteiger partial charge >= 0.3 is 0 Å². The molecule has 0 radical (unpaired) electrons. The largest absolute Gasteiger partial charge is 0.493 e. The second kappa shape index (κ2) is 8.96. The number of methoxy groups -OCH3 is 2. The van der Waals surface area contributed by atoms with Gasteiger partial charge in [-0.15, -0.1) is 11.8 Å². The van der Waals surface area contributed by atoms with E-state index in [2.05, 4.69) is 0 Å². The number of nitrogens with zero attached hydrogens (tertiary/aromatic N) is 1. The van der Waals surface area contributed by atoms with Crippen molar-refractivity contribution in [2.24, 2.45) is 0 Å². The van der Waals surface area contributed by atoms with Gasteiger partial charge in [0.1, 0.15) is 12.0 Å². The summed E-state index contributed by atoms with van der Waals surface area (Å²) in [5, 5.41) is -0.0253. The Morgan fingerprint density at radius 2 is 1.88 bits per heavy atom. The zero-order valence-corrected chi connectivity index (χ0v) is 15.8. The van der Waals surface area contributed by atoms with Gasteiger partial charge in [-0.25, -0.2) is 0 Å². The Bertz CT molecular complexity index is 738. The van der Waals surface area contributed by atoms with Gasteiger partial charge in [0, 0.05) is 12.3 Å². The number of carbonyl (C=O) groups is 1. The third-order valence-corrected chi connectivity index (χ3v) is 5.50. The van der Waals surface area contributed by atoms with Gasteiger partial charge in [0.25, 0.3) is 0 Å². The minimum atomic E-state index is -0.0253. The molecule has 1 unspecified atom stereocenters. The summed E-state index contributed by atoms with van der Waals surface area (Å²) in [6, 6.07) is 15.7. The molecule has 26 heavy (non-hydrogen) atoms. The van der Waals surface area contributed by atoms with E-state index >= 15 is 0 Å². The van der Waals surface area contributed by atoms with Crippen LogP contribution in [-0.2, 0) is 16.1 Å². The second-order valence-electron chi connectivity index (χ2n) is 5.90. The molecule has 6 heteroatoms. The van der Waals surface area contributed by atoms with Crippen molar-refractivity contribution in [1.29, 1.82) is 0 Å². The number of rotatable bonds is 7. The zero-order chi connectivity index (χ0) is 18.4. The Hall–Kier alpha value is -2.18. The molecule has 3 rings (SSSR count). The number of carbonyl (C=O) groups excluding carboxylic acids is 1. The molecule has 138 valence electrons. The highest BCUT2D eigenvalue weighted by Gasteiger charge is 2.31. The molecule has 0 saturated carbocycles. The first kappa shape index (κ1) is 18.6. The predicted octanol–water partition coefficient (Wildman–Crippen LogP) is 3.49. The normalized spacial score (nSPS) is 16.5. The Morgan fingerprint density at radius 1 is 1.12 bits per heavy atom. The zero-order valence-electron chi connectivity index (χ0n) is 15.0. The Balaban J connectivity index is 1.63. The molecular formula is C20H23NO4S. The monoisotopic (exact) mass is 373 g/mol. The van der Waals surface area contributed by atoms with Gasteiger partial charge in [0.2, 0.25) is 5.91 Å². The van der Waals surface area contributed by atoms with Crippen LogP contribution in [0.15, 0.2) is 48.5 Å². The van der Waals surface area contributed by atoms with E-state index < -0.39 is 0 Å². The molecule has 5 nitrogen and oxygen atoms in total. The fourth-order valence-electron chi connectivity index (χ4n) is 2.92. The van der Waals surface area contributed by atoms with Crippen LogP contribution in [0.1, 0.15) is 16.5 Å². The Kier molecular flexibility index (Phi) is 6.41. The van der Waals surface area contributed by atoms with Crippen molar-refractivity contribution in [2.75, 3.05) is 33.1 Å². The van der Waals surface area contributed by atoms with E-state index in [1.807, 2.05) is 53.4 Å². The lowest BCUT2D eigenvalue weighted by atomic mass is 10.2. The number of ether oxygens (including phenoxy) is 3. The molecule has 2 aromatic rings. The lowest BCUT2D eigenvalue weighted by Crippen LogP contribution is -2.33. The summed E-state index contributed by atoms with van der Waals surface area (Å²) in [6.07, 6.45) is 0. The quantitative estimate of drug-likeness (QED) is 0.743. The Labute approximate surface area is 158 Å². The number of hydrogen-bond acceptors (Lipinski definition) is 5. The van der Waals surface area contributed by atoms with Crippen LogP contribution in [-0.4, -0.2) is 43.9 Å². The highest BCUT2D eigenvalue weighted by Crippen LogP contribution is 2.41. The Morgan fingerprint density at radius 3 is 2.62 bits per heavy atom. The van der Waals surface area contributed by atoms with Crippen LogP contribution < -0.4 is 9.47 Å². The maximum Gasteiger partial charge on any atom is 0.249 e. The third kappa shape index (κ3) is 4.31. The van der Waals surface area contributed by atoms with Crippen LogP contribution in [0, 0.1) is 0 Å². The van der Waals surface area contributed by atoms with Crippen molar-refractivity contribution >= 4 is 17.7 Å². The molecule has 1 atom stereocenters.